The van der Waals surface area contributed by atoms with Gasteiger partial charge < -0.3 is 14.8 Å². The molecule has 1 aromatic heterocycles. The Kier molecular flexibility index (Phi) is 8.31. The maximum absolute atomic E-state index is 13.0. The maximum atomic E-state index is 13.0. The second-order valence-electron chi connectivity index (χ2n) is 5.29. The molecule has 0 aliphatic heterocycles. The lowest BCUT2D eigenvalue weighted by molar-refractivity contribution is -0.116. The van der Waals surface area contributed by atoms with Crippen LogP contribution in [0.4, 0.5) is 4.39 Å². The minimum Gasteiger partial charge on any atom is -0.382 e. The first-order valence-corrected chi connectivity index (χ1v) is 8.89. The van der Waals surface area contributed by atoms with Gasteiger partial charge in [-0.3, -0.25) is 4.79 Å². The van der Waals surface area contributed by atoms with Gasteiger partial charge in [-0.15, -0.1) is 11.3 Å². The summed E-state index contributed by atoms with van der Waals surface area (Å²) < 4.78 is 23.2. The summed E-state index contributed by atoms with van der Waals surface area (Å²) in [5.41, 5.74) is 0.962. The van der Waals surface area contributed by atoms with Crippen molar-refractivity contribution in [3.8, 4) is 10.4 Å². The number of nitrogens with one attached hydrogen (secondary N) is 1. The van der Waals surface area contributed by atoms with Crippen LogP contribution in [0.25, 0.3) is 16.5 Å². The molecule has 0 aliphatic carbocycles. The SMILES string of the molecule is COCCOCCCNC(=O)/C=C/c1ccc(-c2ccc(F)cc2)s1. The van der Waals surface area contributed by atoms with Gasteiger partial charge in [0.15, 0.2) is 0 Å². The monoisotopic (exact) mass is 363 g/mol. The average Bonchev–Trinajstić information content (AvgIpc) is 3.09. The predicted molar refractivity (Wildman–Crippen MR) is 99.1 cm³/mol. The van der Waals surface area contributed by atoms with Gasteiger partial charge in [-0.2, -0.15) is 0 Å². The van der Waals surface area contributed by atoms with Crippen LogP contribution < -0.4 is 5.32 Å². The Morgan fingerprint density at radius 3 is 2.72 bits per heavy atom. The number of halogens is 1. The summed E-state index contributed by atoms with van der Waals surface area (Å²) in [5.74, 6) is -0.380. The Balaban J connectivity index is 1.72. The predicted octanol–water partition coefficient (Wildman–Crippen LogP) is 3.74. The van der Waals surface area contributed by atoms with Crippen molar-refractivity contribution in [2.24, 2.45) is 0 Å². The molecule has 0 atom stereocenters. The van der Waals surface area contributed by atoms with E-state index in [1.807, 2.05) is 12.1 Å². The molecule has 4 nitrogen and oxygen atoms in total. The van der Waals surface area contributed by atoms with Gasteiger partial charge >= 0.3 is 0 Å². The molecule has 0 fully saturated rings. The molecule has 134 valence electrons. The molecule has 1 amide bonds. The summed E-state index contributed by atoms with van der Waals surface area (Å²) in [6, 6.07) is 10.3. The number of carbonyl (C=O) groups excluding carboxylic acids is 1. The number of benzene rings is 1. The van der Waals surface area contributed by atoms with E-state index in [-0.39, 0.29) is 11.7 Å². The summed E-state index contributed by atoms with van der Waals surface area (Å²) in [6.07, 6.45) is 4.06. The van der Waals surface area contributed by atoms with Crippen LogP contribution in [-0.4, -0.2) is 39.4 Å². The highest BCUT2D eigenvalue weighted by Crippen LogP contribution is 2.28. The van der Waals surface area contributed by atoms with E-state index in [2.05, 4.69) is 5.32 Å². The van der Waals surface area contributed by atoms with Crippen molar-refractivity contribution in [3.05, 3.63) is 53.2 Å². The molecule has 2 rings (SSSR count). The summed E-state index contributed by atoms with van der Waals surface area (Å²) in [5, 5.41) is 2.81. The third-order valence-electron chi connectivity index (χ3n) is 3.35. The smallest absolute Gasteiger partial charge is 0.244 e. The lowest BCUT2D eigenvalue weighted by Gasteiger charge is -2.04. The molecule has 6 heteroatoms. The standard InChI is InChI=1S/C19H22FNO3S/c1-23-13-14-24-12-2-11-21-19(22)10-8-17-7-9-18(25-17)15-3-5-16(20)6-4-15/h3-10H,2,11-14H2,1H3,(H,21,22)/b10-8+. The second kappa shape index (κ2) is 10.8. The maximum Gasteiger partial charge on any atom is 0.244 e. The van der Waals surface area contributed by atoms with Crippen LogP contribution in [0.5, 0.6) is 0 Å². The lowest BCUT2D eigenvalue weighted by atomic mass is 10.2. The molecular formula is C19H22FNO3S. The molecule has 1 N–H and O–H groups in total. The number of ether oxygens (including phenoxy) is 2. The van der Waals surface area contributed by atoms with Gasteiger partial charge in [-0.1, -0.05) is 12.1 Å². The van der Waals surface area contributed by atoms with Gasteiger partial charge in [-0.05, 0) is 42.3 Å². The van der Waals surface area contributed by atoms with Crippen molar-refractivity contribution in [2.75, 3.05) is 33.5 Å². The van der Waals surface area contributed by atoms with E-state index in [9.17, 15) is 9.18 Å². The third kappa shape index (κ3) is 7.17. The number of methoxy groups -OCH3 is 1. The normalized spacial score (nSPS) is 11.1. The van der Waals surface area contributed by atoms with Gasteiger partial charge in [-0.25, -0.2) is 4.39 Å². The molecule has 1 heterocycles. The molecule has 25 heavy (non-hydrogen) atoms. The van der Waals surface area contributed by atoms with Crippen LogP contribution in [0, 0.1) is 5.82 Å². The molecule has 0 aliphatic rings. The topological polar surface area (TPSA) is 47.6 Å². The van der Waals surface area contributed by atoms with Crippen molar-refractivity contribution in [1.29, 1.82) is 0 Å². The highest BCUT2D eigenvalue weighted by atomic mass is 32.1. The Morgan fingerprint density at radius 2 is 1.96 bits per heavy atom. The molecule has 0 bridgehead atoms. The van der Waals surface area contributed by atoms with E-state index in [1.165, 1.54) is 18.2 Å². The van der Waals surface area contributed by atoms with E-state index in [0.29, 0.717) is 26.4 Å². The van der Waals surface area contributed by atoms with Gasteiger partial charge in [0.25, 0.3) is 0 Å². The van der Waals surface area contributed by atoms with E-state index in [1.54, 1.807) is 36.7 Å². The largest absolute Gasteiger partial charge is 0.382 e. The first kappa shape index (κ1) is 19.3. The zero-order valence-corrected chi connectivity index (χ0v) is 15.0. The highest BCUT2D eigenvalue weighted by molar-refractivity contribution is 7.16. The van der Waals surface area contributed by atoms with Crippen LogP contribution in [0.1, 0.15) is 11.3 Å². The summed E-state index contributed by atoms with van der Waals surface area (Å²) in [4.78, 5) is 13.8. The van der Waals surface area contributed by atoms with Crippen molar-refractivity contribution in [1.82, 2.24) is 5.32 Å². The van der Waals surface area contributed by atoms with E-state index in [0.717, 1.165) is 21.7 Å². The van der Waals surface area contributed by atoms with Crippen LogP contribution in [0.3, 0.4) is 0 Å². The minimum absolute atomic E-state index is 0.131. The van der Waals surface area contributed by atoms with Crippen LogP contribution in [0.2, 0.25) is 0 Å². The number of rotatable bonds is 10. The van der Waals surface area contributed by atoms with E-state index >= 15 is 0 Å². The van der Waals surface area contributed by atoms with Crippen LogP contribution >= 0.6 is 11.3 Å². The minimum atomic E-state index is -0.249. The van der Waals surface area contributed by atoms with Gasteiger partial charge in [0, 0.05) is 36.1 Å². The first-order valence-electron chi connectivity index (χ1n) is 8.07. The Labute approximate surface area is 151 Å². The first-order chi connectivity index (χ1) is 12.2. The molecular weight excluding hydrogens is 341 g/mol. The molecule has 0 saturated heterocycles. The summed E-state index contributed by atoms with van der Waals surface area (Å²) in [7, 11) is 1.63. The fraction of sp³-hybridized carbons (Fsp3) is 0.316. The number of carbonyl (C=O) groups is 1. The number of amides is 1. The number of thiophene rings is 1. The zero-order chi connectivity index (χ0) is 17.9. The van der Waals surface area contributed by atoms with Gasteiger partial charge in [0.1, 0.15) is 5.82 Å². The number of hydrogen-bond acceptors (Lipinski definition) is 4. The lowest BCUT2D eigenvalue weighted by Crippen LogP contribution is -2.23. The number of hydrogen-bond donors (Lipinski definition) is 1. The van der Waals surface area contributed by atoms with Crippen molar-refractivity contribution in [2.45, 2.75) is 6.42 Å². The second-order valence-corrected chi connectivity index (χ2v) is 6.41. The molecule has 2 aromatic rings. The quantitative estimate of drug-likeness (QED) is 0.517. The molecule has 0 spiro atoms. The summed E-state index contributed by atoms with van der Waals surface area (Å²) in [6.45, 7) is 2.32. The average molecular weight is 363 g/mol. The molecule has 1 aromatic carbocycles. The van der Waals surface area contributed by atoms with E-state index < -0.39 is 0 Å². The van der Waals surface area contributed by atoms with Crippen molar-refractivity contribution in [3.63, 3.8) is 0 Å². The van der Waals surface area contributed by atoms with Gasteiger partial charge in [0.05, 0.1) is 13.2 Å². The third-order valence-corrected chi connectivity index (χ3v) is 4.45. The van der Waals surface area contributed by atoms with Crippen molar-refractivity contribution < 1.29 is 18.7 Å². The highest BCUT2D eigenvalue weighted by Gasteiger charge is 2.02. The zero-order valence-electron chi connectivity index (χ0n) is 14.2. The fourth-order valence-electron chi connectivity index (χ4n) is 2.06. The molecule has 0 unspecified atom stereocenters. The van der Waals surface area contributed by atoms with E-state index in [4.69, 9.17) is 9.47 Å². The Hall–Kier alpha value is -2.02. The Morgan fingerprint density at radius 1 is 1.16 bits per heavy atom. The fourth-order valence-corrected chi connectivity index (χ4v) is 2.97. The van der Waals surface area contributed by atoms with Crippen LogP contribution in [0.15, 0.2) is 42.5 Å². The van der Waals surface area contributed by atoms with Gasteiger partial charge in [0.2, 0.25) is 5.91 Å². The molecule has 0 radical (unpaired) electrons. The van der Waals surface area contributed by atoms with Crippen molar-refractivity contribution >= 4 is 23.3 Å². The Bertz CT molecular complexity index is 682. The molecule has 0 saturated carbocycles. The summed E-state index contributed by atoms with van der Waals surface area (Å²) >= 11 is 1.55. The van der Waals surface area contributed by atoms with Crippen LogP contribution in [-0.2, 0) is 14.3 Å².